The van der Waals surface area contributed by atoms with Gasteiger partial charge in [-0.1, -0.05) is 29.4 Å². The van der Waals surface area contributed by atoms with Crippen molar-refractivity contribution in [3.63, 3.8) is 0 Å². The largest absolute Gasteiger partial charge is 0.380 e. The Labute approximate surface area is 143 Å². The summed E-state index contributed by atoms with van der Waals surface area (Å²) in [7, 11) is 0. The van der Waals surface area contributed by atoms with Crippen LogP contribution in [-0.2, 0) is 10.2 Å². The van der Waals surface area contributed by atoms with E-state index in [4.69, 9.17) is 9.26 Å². The van der Waals surface area contributed by atoms with E-state index in [1.165, 1.54) is 12.1 Å². The van der Waals surface area contributed by atoms with Crippen molar-refractivity contribution in [1.29, 1.82) is 5.26 Å². The Morgan fingerprint density at radius 1 is 1.12 bits per heavy atom. The van der Waals surface area contributed by atoms with Gasteiger partial charge in [0, 0.05) is 6.61 Å². The Bertz CT molecular complexity index is 938. The van der Waals surface area contributed by atoms with Gasteiger partial charge in [0.05, 0.1) is 29.2 Å². The summed E-state index contributed by atoms with van der Waals surface area (Å²) in [5.74, 6) is 0.481. The van der Waals surface area contributed by atoms with Crippen LogP contribution in [0.1, 0.15) is 23.4 Å². The van der Waals surface area contributed by atoms with Crippen LogP contribution in [0, 0.1) is 17.1 Å². The van der Waals surface area contributed by atoms with Crippen molar-refractivity contribution in [1.82, 2.24) is 10.1 Å². The summed E-state index contributed by atoms with van der Waals surface area (Å²) >= 11 is 0. The minimum atomic E-state index is -0.572. The van der Waals surface area contributed by atoms with Crippen molar-refractivity contribution in [2.45, 2.75) is 11.8 Å². The SMILES string of the molecule is N#Cc1ccccc1-c1nc(C2(c3ccc(F)cc3)CCOC2)no1. The molecule has 4 rings (SSSR count). The Morgan fingerprint density at radius 2 is 1.92 bits per heavy atom. The first-order valence-electron chi connectivity index (χ1n) is 7.90. The highest BCUT2D eigenvalue weighted by Crippen LogP contribution is 2.39. The fourth-order valence-corrected chi connectivity index (χ4v) is 3.16. The molecule has 1 unspecified atom stereocenters. The third-order valence-corrected chi connectivity index (χ3v) is 4.55. The Kier molecular flexibility index (Phi) is 3.79. The van der Waals surface area contributed by atoms with Crippen LogP contribution in [0.25, 0.3) is 11.5 Å². The second kappa shape index (κ2) is 6.11. The fourth-order valence-electron chi connectivity index (χ4n) is 3.16. The van der Waals surface area contributed by atoms with E-state index in [0.717, 1.165) is 5.56 Å². The zero-order valence-electron chi connectivity index (χ0n) is 13.3. The molecule has 0 bridgehead atoms. The maximum atomic E-state index is 13.3. The third kappa shape index (κ3) is 2.59. The van der Waals surface area contributed by atoms with Gasteiger partial charge in [-0.3, -0.25) is 0 Å². The third-order valence-electron chi connectivity index (χ3n) is 4.55. The molecule has 0 aliphatic carbocycles. The molecule has 124 valence electrons. The number of hydrogen-bond donors (Lipinski definition) is 0. The lowest BCUT2D eigenvalue weighted by Crippen LogP contribution is -2.29. The summed E-state index contributed by atoms with van der Waals surface area (Å²) in [5, 5.41) is 13.4. The van der Waals surface area contributed by atoms with Gasteiger partial charge < -0.3 is 9.26 Å². The Morgan fingerprint density at radius 3 is 2.64 bits per heavy atom. The maximum absolute atomic E-state index is 13.3. The molecule has 6 heteroatoms. The molecule has 1 atom stereocenters. The number of nitrogens with zero attached hydrogens (tertiary/aromatic N) is 3. The molecule has 5 nitrogen and oxygen atoms in total. The van der Waals surface area contributed by atoms with E-state index in [2.05, 4.69) is 16.2 Å². The van der Waals surface area contributed by atoms with Gasteiger partial charge in [0.2, 0.25) is 0 Å². The van der Waals surface area contributed by atoms with Crippen molar-refractivity contribution < 1.29 is 13.7 Å². The van der Waals surface area contributed by atoms with Gasteiger partial charge in [0.25, 0.3) is 5.89 Å². The summed E-state index contributed by atoms with van der Waals surface area (Å²) in [4.78, 5) is 4.54. The van der Waals surface area contributed by atoms with Crippen LogP contribution in [0.2, 0.25) is 0 Å². The number of nitriles is 1. The second-order valence-electron chi connectivity index (χ2n) is 5.97. The van der Waals surface area contributed by atoms with Crippen molar-refractivity contribution in [3.8, 4) is 17.5 Å². The summed E-state index contributed by atoms with van der Waals surface area (Å²) in [5.41, 5.74) is 1.37. The molecular formula is C19H14FN3O2. The molecule has 1 aromatic heterocycles. The maximum Gasteiger partial charge on any atom is 0.259 e. The highest BCUT2D eigenvalue weighted by atomic mass is 19.1. The first-order valence-corrected chi connectivity index (χ1v) is 7.90. The van der Waals surface area contributed by atoms with E-state index in [-0.39, 0.29) is 5.82 Å². The molecule has 0 spiro atoms. The van der Waals surface area contributed by atoms with Gasteiger partial charge in [0.1, 0.15) is 5.82 Å². The smallest absolute Gasteiger partial charge is 0.259 e. The lowest BCUT2D eigenvalue weighted by Gasteiger charge is -2.23. The van der Waals surface area contributed by atoms with Gasteiger partial charge in [-0.2, -0.15) is 10.2 Å². The number of rotatable bonds is 3. The number of halogens is 1. The van der Waals surface area contributed by atoms with Gasteiger partial charge in [0.15, 0.2) is 5.82 Å². The molecule has 0 N–H and O–H groups in total. The summed E-state index contributed by atoms with van der Waals surface area (Å²) in [6.07, 6.45) is 0.678. The lowest BCUT2D eigenvalue weighted by atomic mass is 9.79. The molecule has 0 radical (unpaired) electrons. The Balaban J connectivity index is 1.79. The van der Waals surface area contributed by atoms with E-state index < -0.39 is 5.41 Å². The molecule has 3 aromatic rings. The van der Waals surface area contributed by atoms with Crippen LogP contribution in [0.5, 0.6) is 0 Å². The minimum Gasteiger partial charge on any atom is -0.380 e. The predicted molar refractivity (Wildman–Crippen MR) is 87.1 cm³/mol. The first kappa shape index (κ1) is 15.5. The molecule has 0 saturated carbocycles. The van der Waals surface area contributed by atoms with Crippen LogP contribution in [0.4, 0.5) is 4.39 Å². The molecule has 1 aliphatic heterocycles. The van der Waals surface area contributed by atoms with E-state index in [9.17, 15) is 9.65 Å². The van der Waals surface area contributed by atoms with Crippen LogP contribution in [0.3, 0.4) is 0 Å². The quantitative estimate of drug-likeness (QED) is 0.733. The standard InChI is InChI=1S/C19H14FN3O2/c20-15-7-5-14(6-8-15)19(9-10-24-12-19)18-22-17(25-23-18)16-4-2-1-3-13(16)11-21/h1-8H,9-10,12H2. The molecule has 25 heavy (non-hydrogen) atoms. The molecule has 2 heterocycles. The molecule has 0 amide bonds. The highest BCUT2D eigenvalue weighted by Gasteiger charge is 2.43. The minimum absolute atomic E-state index is 0.292. The van der Waals surface area contributed by atoms with Gasteiger partial charge in [-0.15, -0.1) is 0 Å². The van der Waals surface area contributed by atoms with Crippen molar-refractivity contribution in [3.05, 3.63) is 71.3 Å². The van der Waals surface area contributed by atoms with Crippen LogP contribution in [0.15, 0.2) is 53.1 Å². The zero-order valence-corrected chi connectivity index (χ0v) is 13.3. The van der Waals surface area contributed by atoms with Crippen molar-refractivity contribution in [2.75, 3.05) is 13.2 Å². The topological polar surface area (TPSA) is 71.9 Å². The average molecular weight is 335 g/mol. The van der Waals surface area contributed by atoms with E-state index in [1.54, 1.807) is 30.3 Å². The Hall–Kier alpha value is -3.04. The predicted octanol–water partition coefficient (Wildman–Crippen LogP) is 3.45. The molecule has 1 aliphatic rings. The lowest BCUT2D eigenvalue weighted by molar-refractivity contribution is 0.182. The average Bonchev–Trinajstić information content (AvgIpc) is 3.32. The zero-order chi connectivity index (χ0) is 17.3. The van der Waals surface area contributed by atoms with Crippen LogP contribution >= 0.6 is 0 Å². The van der Waals surface area contributed by atoms with Crippen LogP contribution < -0.4 is 0 Å². The van der Waals surface area contributed by atoms with Crippen LogP contribution in [-0.4, -0.2) is 23.4 Å². The van der Waals surface area contributed by atoms with Crippen molar-refractivity contribution >= 4 is 0 Å². The van der Waals surface area contributed by atoms with Gasteiger partial charge in [-0.25, -0.2) is 4.39 Å². The summed E-state index contributed by atoms with van der Waals surface area (Å²) in [6, 6.07) is 15.5. The number of hydrogen-bond acceptors (Lipinski definition) is 5. The molecule has 1 fully saturated rings. The highest BCUT2D eigenvalue weighted by molar-refractivity contribution is 5.63. The normalized spacial score (nSPS) is 19.7. The summed E-state index contributed by atoms with van der Waals surface area (Å²) < 4.78 is 24.3. The molecular weight excluding hydrogens is 321 g/mol. The van der Waals surface area contributed by atoms with Gasteiger partial charge in [-0.05, 0) is 36.2 Å². The van der Waals surface area contributed by atoms with Crippen molar-refractivity contribution in [2.24, 2.45) is 0 Å². The monoisotopic (exact) mass is 335 g/mol. The fraction of sp³-hybridized carbons (Fsp3) is 0.211. The number of benzene rings is 2. The first-order chi connectivity index (χ1) is 12.2. The van der Waals surface area contributed by atoms with E-state index in [0.29, 0.717) is 42.5 Å². The number of ether oxygens (including phenoxy) is 1. The summed E-state index contributed by atoms with van der Waals surface area (Å²) in [6.45, 7) is 0.966. The second-order valence-corrected chi connectivity index (χ2v) is 5.97. The molecule has 1 saturated heterocycles. The van der Waals surface area contributed by atoms with E-state index >= 15 is 0 Å². The molecule has 2 aromatic carbocycles. The number of aromatic nitrogens is 2. The van der Waals surface area contributed by atoms with E-state index in [1.807, 2.05) is 6.07 Å². The van der Waals surface area contributed by atoms with Gasteiger partial charge >= 0.3 is 0 Å².